The predicted molar refractivity (Wildman–Crippen MR) is 81.9 cm³/mol. The lowest BCUT2D eigenvalue weighted by molar-refractivity contribution is 0.581. The van der Waals surface area contributed by atoms with Crippen LogP contribution in [0.4, 0.5) is 5.69 Å². The summed E-state index contributed by atoms with van der Waals surface area (Å²) in [4.78, 5) is 30.1. The summed E-state index contributed by atoms with van der Waals surface area (Å²) in [5.41, 5.74) is 2.24. The molecule has 2 aromatic heterocycles. The van der Waals surface area contributed by atoms with Crippen LogP contribution in [0.2, 0.25) is 0 Å². The number of anilines is 1. The van der Waals surface area contributed by atoms with Gasteiger partial charge in [0.2, 0.25) is 0 Å². The van der Waals surface area contributed by atoms with Gasteiger partial charge in [-0.2, -0.15) is 5.10 Å². The van der Waals surface area contributed by atoms with Gasteiger partial charge in [-0.25, -0.2) is 4.79 Å². The number of hydrogen-bond donors (Lipinski definition) is 2. The third-order valence-electron chi connectivity index (χ3n) is 4.78. The minimum atomic E-state index is -0.524. The van der Waals surface area contributed by atoms with E-state index < -0.39 is 11.2 Å². The third-order valence-corrected chi connectivity index (χ3v) is 4.78. The van der Waals surface area contributed by atoms with E-state index in [1.807, 2.05) is 13.0 Å². The highest BCUT2D eigenvalue weighted by Crippen LogP contribution is 2.53. The zero-order valence-electron chi connectivity index (χ0n) is 12.3. The molecule has 2 aromatic rings. The number of aryl methyl sites for hydroxylation is 1. The number of H-pyrrole nitrogens is 2. The first-order valence-electron chi connectivity index (χ1n) is 7.48. The van der Waals surface area contributed by atoms with Gasteiger partial charge in [-0.3, -0.25) is 9.78 Å². The van der Waals surface area contributed by atoms with Gasteiger partial charge in [0.1, 0.15) is 5.69 Å². The third kappa shape index (κ3) is 2.13. The first-order valence-corrected chi connectivity index (χ1v) is 7.48. The molecule has 1 saturated heterocycles. The van der Waals surface area contributed by atoms with E-state index in [0.717, 1.165) is 24.5 Å². The molecule has 7 nitrogen and oxygen atoms in total. The van der Waals surface area contributed by atoms with Crippen molar-refractivity contribution in [1.82, 2.24) is 20.2 Å². The van der Waals surface area contributed by atoms with E-state index in [-0.39, 0.29) is 0 Å². The Morgan fingerprint density at radius 3 is 2.73 bits per heavy atom. The van der Waals surface area contributed by atoms with Gasteiger partial charge in [0, 0.05) is 19.3 Å². The topological polar surface area (TPSA) is 94.7 Å². The molecule has 2 fully saturated rings. The maximum absolute atomic E-state index is 11.9. The molecule has 0 amide bonds. The predicted octanol–water partition coefficient (Wildman–Crippen LogP) is 0.819. The number of aromatic amines is 2. The Bertz CT molecular complexity index is 849. The second-order valence-corrected chi connectivity index (χ2v) is 6.36. The van der Waals surface area contributed by atoms with Gasteiger partial charge in [-0.15, -0.1) is 5.10 Å². The summed E-state index contributed by atoms with van der Waals surface area (Å²) in [6, 6.07) is 1.90. The number of nitrogens with zero attached hydrogens (tertiary/aromatic N) is 3. The van der Waals surface area contributed by atoms with E-state index >= 15 is 0 Å². The molecule has 3 heterocycles. The molecule has 2 N–H and O–H groups in total. The van der Waals surface area contributed by atoms with Crippen molar-refractivity contribution in [2.45, 2.75) is 26.2 Å². The Labute approximate surface area is 126 Å². The summed E-state index contributed by atoms with van der Waals surface area (Å²) >= 11 is 0. The van der Waals surface area contributed by atoms with E-state index in [0.29, 0.717) is 16.7 Å². The fourth-order valence-corrected chi connectivity index (χ4v) is 3.22. The number of rotatable bonds is 2. The Morgan fingerprint density at radius 2 is 2.05 bits per heavy atom. The summed E-state index contributed by atoms with van der Waals surface area (Å²) in [5, 5.41) is 8.30. The highest BCUT2D eigenvalue weighted by Gasteiger charge is 2.47. The molecule has 1 aliphatic heterocycles. The van der Waals surface area contributed by atoms with Gasteiger partial charge < -0.3 is 9.88 Å². The molecule has 22 heavy (non-hydrogen) atoms. The molecule has 0 atom stereocenters. The SMILES string of the molecule is Cc1nnc(-c2c[nH]c(=O)[nH]c2=O)cc1N1CCC2(CC2)C1. The number of nitrogens with one attached hydrogen (secondary N) is 2. The summed E-state index contributed by atoms with van der Waals surface area (Å²) in [6.45, 7) is 4.01. The monoisotopic (exact) mass is 299 g/mol. The normalized spacial score (nSPS) is 18.9. The molecule has 114 valence electrons. The minimum Gasteiger partial charge on any atom is -0.369 e. The molecular formula is C15H17N5O2. The second kappa shape index (κ2) is 4.53. The fourth-order valence-electron chi connectivity index (χ4n) is 3.22. The second-order valence-electron chi connectivity index (χ2n) is 6.36. The van der Waals surface area contributed by atoms with Crippen LogP contribution in [0.1, 0.15) is 25.0 Å². The fraction of sp³-hybridized carbons (Fsp3) is 0.467. The Hall–Kier alpha value is -2.44. The van der Waals surface area contributed by atoms with Crippen molar-refractivity contribution in [3.8, 4) is 11.3 Å². The largest absolute Gasteiger partial charge is 0.369 e. The van der Waals surface area contributed by atoms with Gasteiger partial charge in [-0.05, 0) is 37.7 Å². The van der Waals surface area contributed by atoms with Crippen LogP contribution in [0.5, 0.6) is 0 Å². The smallest absolute Gasteiger partial charge is 0.325 e. The Balaban J connectivity index is 1.74. The van der Waals surface area contributed by atoms with Crippen LogP contribution < -0.4 is 16.1 Å². The van der Waals surface area contributed by atoms with Crippen molar-refractivity contribution in [2.75, 3.05) is 18.0 Å². The maximum atomic E-state index is 11.9. The lowest BCUT2D eigenvalue weighted by atomic mass is 10.1. The zero-order valence-corrected chi connectivity index (χ0v) is 12.3. The van der Waals surface area contributed by atoms with Gasteiger partial charge in [-0.1, -0.05) is 0 Å². The van der Waals surface area contributed by atoms with Crippen molar-refractivity contribution in [3.63, 3.8) is 0 Å². The standard InChI is InChI=1S/C15H17N5O2/c1-9-12(20-5-4-15(8-20)2-3-15)6-11(19-18-9)10-7-16-14(22)17-13(10)21/h6-7H,2-5,8H2,1H3,(H2,16,17,21,22). The van der Waals surface area contributed by atoms with Crippen LogP contribution >= 0.6 is 0 Å². The highest BCUT2D eigenvalue weighted by atomic mass is 16.2. The summed E-state index contributed by atoms with van der Waals surface area (Å²) in [6.07, 6.45) is 5.24. The minimum absolute atomic E-state index is 0.327. The van der Waals surface area contributed by atoms with Gasteiger partial charge in [0.15, 0.2) is 0 Å². The van der Waals surface area contributed by atoms with Crippen molar-refractivity contribution >= 4 is 5.69 Å². The van der Waals surface area contributed by atoms with Crippen LogP contribution in [-0.2, 0) is 0 Å². The number of aromatic nitrogens is 4. The quantitative estimate of drug-likeness (QED) is 0.856. The van der Waals surface area contributed by atoms with Crippen molar-refractivity contribution in [3.05, 3.63) is 38.8 Å². The van der Waals surface area contributed by atoms with Gasteiger partial charge in [0.25, 0.3) is 5.56 Å². The van der Waals surface area contributed by atoms with E-state index in [9.17, 15) is 9.59 Å². The molecule has 1 aliphatic carbocycles. The molecule has 1 saturated carbocycles. The van der Waals surface area contributed by atoms with Crippen LogP contribution in [0.3, 0.4) is 0 Å². The molecule has 4 rings (SSSR count). The van der Waals surface area contributed by atoms with Crippen LogP contribution in [-0.4, -0.2) is 33.3 Å². The molecular weight excluding hydrogens is 282 g/mol. The lowest BCUT2D eigenvalue weighted by Gasteiger charge is -2.20. The lowest BCUT2D eigenvalue weighted by Crippen LogP contribution is -2.24. The van der Waals surface area contributed by atoms with Crippen molar-refractivity contribution < 1.29 is 0 Å². The van der Waals surface area contributed by atoms with Crippen LogP contribution in [0.15, 0.2) is 21.9 Å². The number of hydrogen-bond acceptors (Lipinski definition) is 5. The molecule has 0 unspecified atom stereocenters. The average molecular weight is 299 g/mol. The Kier molecular flexibility index (Phi) is 2.72. The van der Waals surface area contributed by atoms with Gasteiger partial charge >= 0.3 is 5.69 Å². The summed E-state index contributed by atoms with van der Waals surface area (Å²) < 4.78 is 0. The van der Waals surface area contributed by atoms with Crippen molar-refractivity contribution in [2.24, 2.45) is 5.41 Å². The molecule has 0 radical (unpaired) electrons. The zero-order chi connectivity index (χ0) is 15.3. The molecule has 7 heteroatoms. The first-order chi connectivity index (χ1) is 10.6. The van der Waals surface area contributed by atoms with E-state index in [1.54, 1.807) is 0 Å². The molecule has 2 aliphatic rings. The van der Waals surface area contributed by atoms with Crippen molar-refractivity contribution in [1.29, 1.82) is 0 Å². The first kappa shape index (κ1) is 13.2. The van der Waals surface area contributed by atoms with Gasteiger partial charge in [0.05, 0.1) is 16.9 Å². The van der Waals surface area contributed by atoms with E-state index in [1.165, 1.54) is 25.5 Å². The Morgan fingerprint density at radius 1 is 1.23 bits per heavy atom. The summed E-state index contributed by atoms with van der Waals surface area (Å²) in [7, 11) is 0. The molecule has 0 aromatic carbocycles. The van der Waals surface area contributed by atoms with Crippen LogP contribution in [0, 0.1) is 12.3 Å². The molecule has 0 bridgehead atoms. The maximum Gasteiger partial charge on any atom is 0.325 e. The molecule has 1 spiro atoms. The highest BCUT2D eigenvalue weighted by molar-refractivity contribution is 5.64. The summed E-state index contributed by atoms with van der Waals surface area (Å²) in [5.74, 6) is 0. The van der Waals surface area contributed by atoms with Crippen LogP contribution in [0.25, 0.3) is 11.3 Å². The van der Waals surface area contributed by atoms with E-state index in [2.05, 4.69) is 25.1 Å². The average Bonchev–Trinajstić information content (AvgIpc) is 3.10. The van der Waals surface area contributed by atoms with E-state index in [4.69, 9.17) is 0 Å².